The molecule has 0 saturated heterocycles. The van der Waals surface area contributed by atoms with Crippen molar-refractivity contribution in [3.8, 4) is 6.07 Å². The van der Waals surface area contributed by atoms with Gasteiger partial charge in [0.25, 0.3) is 0 Å². The van der Waals surface area contributed by atoms with Gasteiger partial charge in [-0.25, -0.2) is 4.98 Å². The second-order valence-corrected chi connectivity index (χ2v) is 10.9. The zero-order chi connectivity index (χ0) is 25.4. The maximum absolute atomic E-state index is 10.3. The van der Waals surface area contributed by atoms with Crippen molar-refractivity contribution in [3.05, 3.63) is 116 Å². The van der Waals surface area contributed by atoms with Gasteiger partial charge in [-0.1, -0.05) is 70.8 Å². The van der Waals surface area contributed by atoms with Gasteiger partial charge in [0.1, 0.15) is 22.5 Å². The van der Waals surface area contributed by atoms with Gasteiger partial charge in [0.05, 0.1) is 11.2 Å². The molecule has 0 fully saturated rings. The highest BCUT2D eigenvalue weighted by atomic mass is 35.5. The van der Waals surface area contributed by atoms with E-state index >= 15 is 0 Å². The molecule has 0 saturated carbocycles. The molecule has 0 aliphatic carbocycles. The molecule has 4 nitrogen and oxygen atoms in total. The van der Waals surface area contributed by atoms with Crippen LogP contribution in [0.5, 0.6) is 0 Å². The summed E-state index contributed by atoms with van der Waals surface area (Å²) in [5, 5.41) is 16.3. The highest BCUT2D eigenvalue weighted by molar-refractivity contribution is 7.99. The Morgan fingerprint density at radius 3 is 2.03 bits per heavy atom. The Balaban J connectivity index is 1.73. The second-order valence-electron chi connectivity index (χ2n) is 8.49. The average molecular weight is 550 g/mol. The summed E-state index contributed by atoms with van der Waals surface area (Å²) < 4.78 is 0. The molecular formula is C28H19Cl3N4S. The van der Waals surface area contributed by atoms with E-state index in [-0.39, 0.29) is 0 Å². The van der Waals surface area contributed by atoms with E-state index in [1.54, 1.807) is 12.1 Å². The fourth-order valence-corrected chi connectivity index (χ4v) is 5.50. The summed E-state index contributed by atoms with van der Waals surface area (Å²) in [6.45, 7) is 2.05. The summed E-state index contributed by atoms with van der Waals surface area (Å²) in [5.41, 5.74) is 10.4. The van der Waals surface area contributed by atoms with Crippen LogP contribution in [0.25, 0.3) is 5.57 Å². The van der Waals surface area contributed by atoms with Crippen LogP contribution in [0, 0.1) is 11.3 Å². The molecule has 2 heterocycles. The molecule has 0 amide bonds. The first kappa shape index (κ1) is 24.5. The lowest BCUT2D eigenvalue weighted by Crippen LogP contribution is -2.34. The van der Waals surface area contributed by atoms with E-state index in [1.165, 1.54) is 11.8 Å². The van der Waals surface area contributed by atoms with Gasteiger partial charge in [-0.05, 0) is 78.2 Å². The summed E-state index contributed by atoms with van der Waals surface area (Å²) in [6, 6.07) is 24.9. The van der Waals surface area contributed by atoms with Crippen molar-refractivity contribution in [3.63, 3.8) is 0 Å². The molecule has 1 unspecified atom stereocenters. The summed E-state index contributed by atoms with van der Waals surface area (Å²) in [6.07, 6.45) is 2.10. The van der Waals surface area contributed by atoms with E-state index in [2.05, 4.69) is 29.4 Å². The van der Waals surface area contributed by atoms with Crippen LogP contribution in [-0.4, -0.2) is 4.98 Å². The number of anilines is 2. The van der Waals surface area contributed by atoms with Crippen LogP contribution in [0.1, 0.15) is 29.2 Å². The number of hydrogen-bond donors (Lipinski definition) is 2. The predicted octanol–water partition coefficient (Wildman–Crippen LogP) is 8.42. The van der Waals surface area contributed by atoms with Crippen molar-refractivity contribution in [2.24, 2.45) is 0 Å². The van der Waals surface area contributed by atoms with Gasteiger partial charge >= 0.3 is 0 Å². The van der Waals surface area contributed by atoms with E-state index in [1.807, 2.05) is 60.7 Å². The Morgan fingerprint density at radius 2 is 1.44 bits per heavy atom. The summed E-state index contributed by atoms with van der Waals surface area (Å²) >= 11 is 19.7. The Labute approximate surface area is 228 Å². The molecule has 8 heteroatoms. The number of halogens is 3. The number of nitrogens with one attached hydrogen (secondary N) is 1. The van der Waals surface area contributed by atoms with Gasteiger partial charge in [-0.15, -0.1) is 0 Å². The van der Waals surface area contributed by atoms with Gasteiger partial charge in [-0.3, -0.25) is 0 Å². The van der Waals surface area contributed by atoms with Crippen LogP contribution in [0.15, 0.2) is 88.8 Å². The third-order valence-corrected chi connectivity index (χ3v) is 7.77. The highest BCUT2D eigenvalue weighted by Gasteiger charge is 2.35. The van der Waals surface area contributed by atoms with Crippen LogP contribution in [-0.2, 0) is 5.54 Å². The van der Waals surface area contributed by atoms with E-state index in [9.17, 15) is 5.26 Å². The first-order chi connectivity index (χ1) is 17.3. The molecule has 178 valence electrons. The molecular weight excluding hydrogens is 531 g/mol. The van der Waals surface area contributed by atoms with Gasteiger partial charge in [0, 0.05) is 25.5 Å². The van der Waals surface area contributed by atoms with Crippen molar-refractivity contribution >= 4 is 63.6 Å². The zero-order valence-electron chi connectivity index (χ0n) is 19.0. The number of hydrogen-bond acceptors (Lipinski definition) is 5. The molecule has 1 aliphatic heterocycles. The maximum Gasteiger partial charge on any atom is 0.134 e. The number of rotatable bonds is 4. The third-order valence-electron chi connectivity index (χ3n) is 6.02. The summed E-state index contributed by atoms with van der Waals surface area (Å²) in [4.78, 5) is 5.56. The molecule has 1 atom stereocenters. The first-order valence-corrected chi connectivity index (χ1v) is 12.9. The standard InChI is InChI=1S/C28H19Cl3N4S/c1-28(17-4-8-19(30)9-5-17)14-22(16-2-6-18(29)7-3-16)24-25(35-28)23(15-32)27(34-26(24)33)36-21-12-10-20(31)11-13-21/h2-14,35H,1H3,(H2,33,34). The van der Waals surface area contributed by atoms with Crippen molar-refractivity contribution in [2.45, 2.75) is 22.4 Å². The number of aromatic nitrogens is 1. The molecule has 0 radical (unpaired) electrons. The monoisotopic (exact) mass is 548 g/mol. The molecule has 36 heavy (non-hydrogen) atoms. The Morgan fingerprint density at radius 1 is 0.889 bits per heavy atom. The van der Waals surface area contributed by atoms with Crippen molar-refractivity contribution in [2.75, 3.05) is 11.1 Å². The minimum Gasteiger partial charge on any atom is -0.383 e. The Hall–Kier alpha value is -3.14. The molecule has 3 N–H and O–H groups in total. The van der Waals surface area contributed by atoms with E-state index in [4.69, 9.17) is 40.5 Å². The lowest BCUT2D eigenvalue weighted by molar-refractivity contribution is 0.683. The van der Waals surface area contributed by atoms with E-state index < -0.39 is 5.54 Å². The average Bonchev–Trinajstić information content (AvgIpc) is 2.86. The second kappa shape index (κ2) is 9.72. The molecule has 0 bridgehead atoms. The summed E-state index contributed by atoms with van der Waals surface area (Å²) in [7, 11) is 0. The van der Waals surface area contributed by atoms with Crippen LogP contribution < -0.4 is 11.1 Å². The molecule has 5 rings (SSSR count). The minimum absolute atomic E-state index is 0.326. The van der Waals surface area contributed by atoms with Crippen molar-refractivity contribution < 1.29 is 0 Å². The van der Waals surface area contributed by atoms with E-state index in [0.717, 1.165) is 21.6 Å². The molecule has 0 spiro atoms. The van der Waals surface area contributed by atoms with Crippen LogP contribution in [0.2, 0.25) is 15.1 Å². The fourth-order valence-electron chi connectivity index (χ4n) is 4.24. The number of nitrogens with two attached hydrogens (primary N) is 1. The SMILES string of the molecule is CC1(c2ccc(Cl)cc2)C=C(c2ccc(Cl)cc2)c2c(N)nc(Sc3ccc(Cl)cc3)c(C#N)c2N1. The number of nitrogens with zero attached hydrogens (tertiary/aromatic N) is 2. The molecule has 1 aromatic heterocycles. The number of fused-ring (bicyclic) bond motifs is 1. The lowest BCUT2D eigenvalue weighted by Gasteiger charge is -2.37. The minimum atomic E-state index is -0.659. The van der Waals surface area contributed by atoms with Crippen LogP contribution >= 0.6 is 46.6 Å². The Kier molecular flexibility index (Phi) is 6.63. The van der Waals surface area contributed by atoms with E-state index in [0.29, 0.717) is 42.7 Å². The largest absolute Gasteiger partial charge is 0.383 e. The smallest absolute Gasteiger partial charge is 0.134 e. The summed E-state index contributed by atoms with van der Waals surface area (Å²) in [5.74, 6) is 0.326. The molecule has 3 aromatic carbocycles. The number of nitrogen functional groups attached to an aromatic ring is 1. The van der Waals surface area contributed by atoms with Gasteiger partial charge in [0.2, 0.25) is 0 Å². The highest BCUT2D eigenvalue weighted by Crippen LogP contribution is 2.47. The van der Waals surface area contributed by atoms with Gasteiger partial charge < -0.3 is 11.1 Å². The first-order valence-electron chi connectivity index (χ1n) is 11.0. The van der Waals surface area contributed by atoms with Crippen LogP contribution in [0.4, 0.5) is 11.5 Å². The van der Waals surface area contributed by atoms with Gasteiger partial charge in [-0.2, -0.15) is 5.26 Å². The lowest BCUT2D eigenvalue weighted by atomic mass is 9.81. The normalized spacial score (nSPS) is 16.5. The number of pyridine rings is 1. The topological polar surface area (TPSA) is 74.7 Å². The third kappa shape index (κ3) is 4.66. The molecule has 1 aliphatic rings. The Bertz CT molecular complexity index is 1530. The predicted molar refractivity (Wildman–Crippen MR) is 150 cm³/mol. The quantitative estimate of drug-likeness (QED) is 0.267. The van der Waals surface area contributed by atoms with Gasteiger partial charge in [0.15, 0.2) is 0 Å². The van der Waals surface area contributed by atoms with Crippen LogP contribution in [0.3, 0.4) is 0 Å². The van der Waals surface area contributed by atoms with Crippen molar-refractivity contribution in [1.29, 1.82) is 5.26 Å². The maximum atomic E-state index is 10.3. The number of benzene rings is 3. The van der Waals surface area contributed by atoms with Crippen molar-refractivity contribution in [1.82, 2.24) is 4.98 Å². The number of nitriles is 1. The fraction of sp³-hybridized carbons (Fsp3) is 0.0714. The zero-order valence-corrected chi connectivity index (χ0v) is 22.1. The molecule has 4 aromatic rings.